The van der Waals surface area contributed by atoms with Crippen molar-refractivity contribution in [3.63, 3.8) is 0 Å². The molecule has 0 aliphatic carbocycles. The van der Waals surface area contributed by atoms with Gasteiger partial charge in [0.1, 0.15) is 0 Å². The first kappa shape index (κ1) is 15.5. The minimum absolute atomic E-state index is 0.754. The summed E-state index contributed by atoms with van der Waals surface area (Å²) in [5.74, 6) is 0. The van der Waals surface area contributed by atoms with Gasteiger partial charge in [0.2, 0.25) is 0 Å². The van der Waals surface area contributed by atoms with Crippen LogP contribution in [0.4, 0.5) is 11.4 Å². The number of hydrogen-bond donors (Lipinski definition) is 2. The molecule has 4 nitrogen and oxygen atoms in total. The first-order chi connectivity index (χ1) is 11.7. The van der Waals surface area contributed by atoms with E-state index in [0.717, 1.165) is 33.9 Å². The van der Waals surface area contributed by atoms with Crippen LogP contribution in [0.5, 0.6) is 0 Å². The van der Waals surface area contributed by atoms with Gasteiger partial charge in [0.05, 0.1) is 23.8 Å². The molecule has 24 heavy (non-hydrogen) atoms. The molecule has 4 heteroatoms. The van der Waals surface area contributed by atoms with E-state index in [1.807, 2.05) is 72.8 Å². The lowest BCUT2D eigenvalue weighted by Gasteiger charge is -1.97. The summed E-state index contributed by atoms with van der Waals surface area (Å²) in [5, 5.41) is 0. The van der Waals surface area contributed by atoms with Gasteiger partial charge in [-0.25, -0.2) is 0 Å². The van der Waals surface area contributed by atoms with Crippen LogP contribution in [0.25, 0.3) is 24.3 Å². The van der Waals surface area contributed by atoms with Crippen LogP contribution in [0.2, 0.25) is 0 Å². The van der Waals surface area contributed by atoms with Gasteiger partial charge in [-0.3, -0.25) is 9.97 Å². The van der Waals surface area contributed by atoms with Crippen LogP contribution in [0, 0.1) is 0 Å². The quantitative estimate of drug-likeness (QED) is 0.714. The first-order valence-electron chi connectivity index (χ1n) is 7.58. The molecule has 0 atom stereocenters. The fraction of sp³-hybridized carbons (Fsp3) is 0. The van der Waals surface area contributed by atoms with E-state index in [1.165, 1.54) is 0 Å². The number of nitrogens with zero attached hydrogens (tertiary/aromatic N) is 2. The molecular weight excluding hydrogens is 296 g/mol. The zero-order valence-corrected chi connectivity index (χ0v) is 13.1. The van der Waals surface area contributed by atoms with Gasteiger partial charge in [-0.15, -0.1) is 0 Å². The fourth-order valence-corrected chi connectivity index (χ4v) is 2.10. The van der Waals surface area contributed by atoms with E-state index in [1.54, 1.807) is 12.4 Å². The Bertz CT molecular complexity index is 771. The lowest BCUT2D eigenvalue weighted by atomic mass is 10.2. The number of benzene rings is 2. The second-order valence-corrected chi connectivity index (χ2v) is 5.37. The Morgan fingerprint density at radius 2 is 0.917 bits per heavy atom. The lowest BCUT2D eigenvalue weighted by molar-refractivity contribution is 1.16. The predicted octanol–water partition coefficient (Wildman–Crippen LogP) is 3.98. The number of hydrogen-bond acceptors (Lipinski definition) is 4. The average molecular weight is 314 g/mol. The molecule has 0 radical (unpaired) electrons. The number of nitrogen functional groups attached to an aromatic ring is 2. The van der Waals surface area contributed by atoms with Gasteiger partial charge in [0.15, 0.2) is 0 Å². The number of nitrogens with two attached hydrogens (primary N) is 2. The van der Waals surface area contributed by atoms with Crippen molar-refractivity contribution < 1.29 is 0 Å². The van der Waals surface area contributed by atoms with Crippen molar-refractivity contribution >= 4 is 35.7 Å². The third kappa shape index (κ3) is 4.30. The zero-order valence-electron chi connectivity index (χ0n) is 13.1. The molecular formula is C20H18N4. The standard InChI is InChI=1S/C20H18N4/c21-17-7-1-15(2-8-17)5-11-19-13-24-20(14-23-19)12-6-16-3-9-18(22)10-4-16/h1-14H,21-22H2. The number of aromatic nitrogens is 2. The third-order valence-electron chi connectivity index (χ3n) is 3.46. The average Bonchev–Trinajstić information content (AvgIpc) is 2.62. The molecule has 0 amide bonds. The monoisotopic (exact) mass is 314 g/mol. The Hall–Kier alpha value is -3.40. The Kier molecular flexibility index (Phi) is 4.68. The summed E-state index contributed by atoms with van der Waals surface area (Å²) in [7, 11) is 0. The molecule has 1 aromatic heterocycles. The summed E-state index contributed by atoms with van der Waals surface area (Å²) in [6.07, 6.45) is 11.3. The molecule has 3 aromatic rings. The van der Waals surface area contributed by atoms with Crippen molar-refractivity contribution in [1.82, 2.24) is 9.97 Å². The molecule has 0 spiro atoms. The minimum Gasteiger partial charge on any atom is -0.399 e. The summed E-state index contributed by atoms with van der Waals surface area (Å²) in [5.41, 5.74) is 16.6. The van der Waals surface area contributed by atoms with Crippen molar-refractivity contribution in [2.75, 3.05) is 11.5 Å². The number of rotatable bonds is 4. The molecule has 118 valence electrons. The van der Waals surface area contributed by atoms with Gasteiger partial charge in [-0.05, 0) is 47.5 Å². The van der Waals surface area contributed by atoms with Crippen LogP contribution in [0.15, 0.2) is 60.9 Å². The number of anilines is 2. The van der Waals surface area contributed by atoms with Crippen LogP contribution in [0.1, 0.15) is 22.5 Å². The largest absolute Gasteiger partial charge is 0.399 e. The molecule has 0 saturated carbocycles. The van der Waals surface area contributed by atoms with Crippen LogP contribution in [-0.4, -0.2) is 9.97 Å². The van der Waals surface area contributed by atoms with Gasteiger partial charge in [-0.2, -0.15) is 0 Å². The topological polar surface area (TPSA) is 77.8 Å². The van der Waals surface area contributed by atoms with Gasteiger partial charge in [0.25, 0.3) is 0 Å². The Balaban J connectivity index is 1.66. The summed E-state index contributed by atoms with van der Waals surface area (Å²) >= 11 is 0. The smallest absolute Gasteiger partial charge is 0.0813 e. The first-order valence-corrected chi connectivity index (χ1v) is 7.58. The molecule has 0 fully saturated rings. The Morgan fingerprint density at radius 3 is 1.25 bits per heavy atom. The predicted molar refractivity (Wildman–Crippen MR) is 102 cm³/mol. The van der Waals surface area contributed by atoms with Gasteiger partial charge < -0.3 is 11.5 Å². The van der Waals surface area contributed by atoms with Crippen molar-refractivity contribution in [2.45, 2.75) is 0 Å². The zero-order chi connectivity index (χ0) is 16.8. The van der Waals surface area contributed by atoms with E-state index in [0.29, 0.717) is 0 Å². The third-order valence-corrected chi connectivity index (χ3v) is 3.46. The van der Waals surface area contributed by atoms with Crippen LogP contribution >= 0.6 is 0 Å². The maximum atomic E-state index is 5.67. The highest BCUT2D eigenvalue weighted by Crippen LogP contribution is 2.11. The molecule has 1 heterocycles. The highest BCUT2D eigenvalue weighted by atomic mass is 14.8. The molecule has 0 aliphatic heterocycles. The van der Waals surface area contributed by atoms with Crippen molar-refractivity contribution in [3.8, 4) is 0 Å². The Labute approximate surface area is 141 Å². The van der Waals surface area contributed by atoms with Gasteiger partial charge in [-0.1, -0.05) is 36.4 Å². The summed E-state index contributed by atoms with van der Waals surface area (Å²) in [6, 6.07) is 15.3. The molecule has 3 rings (SSSR count). The van der Waals surface area contributed by atoms with Crippen LogP contribution in [-0.2, 0) is 0 Å². The highest BCUT2D eigenvalue weighted by Gasteiger charge is 1.93. The second-order valence-electron chi connectivity index (χ2n) is 5.37. The summed E-state index contributed by atoms with van der Waals surface area (Å²) < 4.78 is 0. The molecule has 0 bridgehead atoms. The van der Waals surface area contributed by atoms with Gasteiger partial charge in [0, 0.05) is 11.4 Å². The van der Waals surface area contributed by atoms with Crippen LogP contribution < -0.4 is 11.5 Å². The van der Waals surface area contributed by atoms with E-state index in [9.17, 15) is 0 Å². The SMILES string of the molecule is Nc1ccc(C=Cc2cnc(C=Cc3ccc(N)cc3)cn2)cc1. The van der Waals surface area contributed by atoms with Crippen LogP contribution in [0.3, 0.4) is 0 Å². The highest BCUT2D eigenvalue weighted by molar-refractivity contribution is 5.70. The normalized spacial score (nSPS) is 11.3. The van der Waals surface area contributed by atoms with Crippen molar-refractivity contribution in [2.24, 2.45) is 0 Å². The summed E-state index contributed by atoms with van der Waals surface area (Å²) in [6.45, 7) is 0. The Morgan fingerprint density at radius 1 is 0.542 bits per heavy atom. The lowest BCUT2D eigenvalue weighted by Crippen LogP contribution is -1.87. The van der Waals surface area contributed by atoms with E-state index in [4.69, 9.17) is 11.5 Å². The van der Waals surface area contributed by atoms with E-state index in [-0.39, 0.29) is 0 Å². The summed E-state index contributed by atoms with van der Waals surface area (Å²) in [4.78, 5) is 8.78. The van der Waals surface area contributed by atoms with Crippen molar-refractivity contribution in [3.05, 3.63) is 83.4 Å². The maximum absolute atomic E-state index is 5.67. The van der Waals surface area contributed by atoms with Gasteiger partial charge >= 0.3 is 0 Å². The molecule has 0 unspecified atom stereocenters. The van der Waals surface area contributed by atoms with Crippen molar-refractivity contribution in [1.29, 1.82) is 0 Å². The molecule has 4 N–H and O–H groups in total. The second kappa shape index (κ2) is 7.24. The maximum Gasteiger partial charge on any atom is 0.0813 e. The molecule has 2 aromatic carbocycles. The molecule has 0 saturated heterocycles. The van der Waals surface area contributed by atoms with E-state index < -0.39 is 0 Å². The fourth-order valence-electron chi connectivity index (χ4n) is 2.10. The van der Waals surface area contributed by atoms with E-state index in [2.05, 4.69) is 9.97 Å². The minimum atomic E-state index is 0.754. The van der Waals surface area contributed by atoms with E-state index >= 15 is 0 Å². The molecule has 0 aliphatic rings.